The molecular formula is C14H24N4OS. The fraction of sp³-hybridized carbons (Fsp3) is 0.714. The highest BCUT2D eigenvalue weighted by atomic mass is 32.1. The summed E-state index contributed by atoms with van der Waals surface area (Å²) in [6.07, 6.45) is 5.75. The third kappa shape index (κ3) is 5.09. The van der Waals surface area contributed by atoms with Crippen molar-refractivity contribution in [1.29, 1.82) is 0 Å². The second kappa shape index (κ2) is 8.21. The summed E-state index contributed by atoms with van der Waals surface area (Å²) in [5.41, 5.74) is 0. The summed E-state index contributed by atoms with van der Waals surface area (Å²) in [4.78, 5) is 10.1. The van der Waals surface area contributed by atoms with Gasteiger partial charge in [-0.15, -0.1) is 11.3 Å². The first-order valence-electron chi connectivity index (χ1n) is 7.33. The van der Waals surface area contributed by atoms with E-state index in [1.165, 1.54) is 17.7 Å². The van der Waals surface area contributed by atoms with Gasteiger partial charge in [-0.2, -0.15) is 0 Å². The van der Waals surface area contributed by atoms with Gasteiger partial charge in [-0.1, -0.05) is 0 Å². The Morgan fingerprint density at radius 1 is 1.55 bits per heavy atom. The lowest BCUT2D eigenvalue weighted by atomic mass is 10.2. The molecule has 2 heterocycles. The number of aliphatic imine (C=N–C) groups is 1. The Morgan fingerprint density at radius 3 is 3.10 bits per heavy atom. The van der Waals surface area contributed by atoms with Crippen LogP contribution in [-0.2, 0) is 11.3 Å². The van der Waals surface area contributed by atoms with Crippen molar-refractivity contribution in [2.45, 2.75) is 45.8 Å². The molecule has 1 fully saturated rings. The van der Waals surface area contributed by atoms with Crippen LogP contribution in [0.3, 0.4) is 0 Å². The molecule has 6 heteroatoms. The molecule has 1 aromatic heterocycles. The first-order valence-corrected chi connectivity index (χ1v) is 8.14. The highest BCUT2D eigenvalue weighted by molar-refractivity contribution is 7.11. The smallest absolute Gasteiger partial charge is 0.191 e. The summed E-state index contributed by atoms with van der Waals surface area (Å²) in [6, 6.07) is 0. The summed E-state index contributed by atoms with van der Waals surface area (Å²) >= 11 is 1.70. The molecule has 1 aliphatic rings. The largest absolute Gasteiger partial charge is 0.378 e. The monoisotopic (exact) mass is 296 g/mol. The Hall–Kier alpha value is -1.14. The topological polar surface area (TPSA) is 58.5 Å². The SMILES string of the molecule is CCNC(=NCc1ncc(C)s1)NCCC1CCCO1. The number of aromatic nitrogens is 1. The summed E-state index contributed by atoms with van der Waals surface area (Å²) < 4.78 is 5.62. The van der Waals surface area contributed by atoms with Gasteiger partial charge < -0.3 is 15.4 Å². The summed E-state index contributed by atoms with van der Waals surface area (Å²) in [5.74, 6) is 0.860. The molecule has 0 saturated carbocycles. The number of rotatable bonds is 6. The van der Waals surface area contributed by atoms with E-state index in [1.54, 1.807) is 11.3 Å². The number of nitrogens with one attached hydrogen (secondary N) is 2. The van der Waals surface area contributed by atoms with E-state index in [9.17, 15) is 0 Å². The second-order valence-corrected chi connectivity index (χ2v) is 6.23. The highest BCUT2D eigenvalue weighted by Crippen LogP contribution is 2.14. The lowest BCUT2D eigenvalue weighted by molar-refractivity contribution is 0.105. The maximum Gasteiger partial charge on any atom is 0.191 e. The zero-order valence-electron chi connectivity index (χ0n) is 12.3. The molecule has 5 nitrogen and oxygen atoms in total. The average molecular weight is 296 g/mol. The highest BCUT2D eigenvalue weighted by Gasteiger charge is 2.14. The zero-order chi connectivity index (χ0) is 14.2. The van der Waals surface area contributed by atoms with Crippen molar-refractivity contribution >= 4 is 17.3 Å². The van der Waals surface area contributed by atoms with Gasteiger partial charge in [0.1, 0.15) is 5.01 Å². The molecule has 0 aliphatic carbocycles. The number of aryl methyl sites for hydroxylation is 1. The van der Waals surface area contributed by atoms with Crippen LogP contribution in [0.2, 0.25) is 0 Å². The molecular weight excluding hydrogens is 272 g/mol. The first kappa shape index (κ1) is 15.3. The van der Waals surface area contributed by atoms with Gasteiger partial charge >= 0.3 is 0 Å². The molecule has 0 amide bonds. The molecule has 2 rings (SSSR count). The second-order valence-electron chi connectivity index (χ2n) is 4.91. The number of thiazole rings is 1. The van der Waals surface area contributed by atoms with E-state index >= 15 is 0 Å². The van der Waals surface area contributed by atoms with Crippen LogP contribution in [0.1, 0.15) is 36.1 Å². The third-order valence-corrected chi connectivity index (χ3v) is 4.07. The van der Waals surface area contributed by atoms with Crippen LogP contribution in [0.15, 0.2) is 11.2 Å². The van der Waals surface area contributed by atoms with Crippen LogP contribution in [0.4, 0.5) is 0 Å². The number of nitrogens with zero attached hydrogens (tertiary/aromatic N) is 2. The van der Waals surface area contributed by atoms with E-state index in [0.717, 1.165) is 37.1 Å². The van der Waals surface area contributed by atoms with Crippen molar-refractivity contribution in [2.75, 3.05) is 19.7 Å². The maximum atomic E-state index is 5.62. The summed E-state index contributed by atoms with van der Waals surface area (Å²) in [5, 5.41) is 7.67. The fourth-order valence-electron chi connectivity index (χ4n) is 2.19. The standard InChI is InChI=1S/C14H24N4OS/c1-3-15-14(16-7-6-12-5-4-8-19-12)18-10-13-17-9-11(2)20-13/h9,12H,3-8,10H2,1-2H3,(H2,15,16,18). The Bertz CT molecular complexity index is 427. The third-order valence-electron chi connectivity index (χ3n) is 3.17. The molecule has 2 N–H and O–H groups in total. The molecule has 0 radical (unpaired) electrons. The van der Waals surface area contributed by atoms with Crippen molar-refractivity contribution in [2.24, 2.45) is 4.99 Å². The molecule has 0 aromatic carbocycles. The van der Waals surface area contributed by atoms with Gasteiger partial charge in [0.05, 0.1) is 12.6 Å². The number of ether oxygens (including phenoxy) is 1. The Morgan fingerprint density at radius 2 is 2.45 bits per heavy atom. The predicted octanol–water partition coefficient (Wildman–Crippen LogP) is 2.08. The minimum atomic E-state index is 0.423. The lowest BCUT2D eigenvalue weighted by Gasteiger charge is -2.13. The van der Waals surface area contributed by atoms with Crippen molar-refractivity contribution < 1.29 is 4.74 Å². The van der Waals surface area contributed by atoms with E-state index in [2.05, 4.69) is 34.5 Å². The lowest BCUT2D eigenvalue weighted by Crippen LogP contribution is -2.38. The van der Waals surface area contributed by atoms with Crippen molar-refractivity contribution in [3.8, 4) is 0 Å². The van der Waals surface area contributed by atoms with Gasteiger partial charge in [0.2, 0.25) is 0 Å². The molecule has 1 aliphatic heterocycles. The van der Waals surface area contributed by atoms with Crippen molar-refractivity contribution in [3.05, 3.63) is 16.1 Å². The first-order chi connectivity index (χ1) is 9.78. The molecule has 112 valence electrons. The average Bonchev–Trinajstić information content (AvgIpc) is 3.07. The molecule has 0 spiro atoms. The van der Waals surface area contributed by atoms with Crippen LogP contribution in [0.25, 0.3) is 0 Å². The molecule has 1 saturated heterocycles. The zero-order valence-corrected chi connectivity index (χ0v) is 13.1. The molecule has 1 unspecified atom stereocenters. The predicted molar refractivity (Wildman–Crippen MR) is 83.3 cm³/mol. The molecule has 20 heavy (non-hydrogen) atoms. The molecule has 0 bridgehead atoms. The normalized spacial score (nSPS) is 19.3. The van der Waals surface area contributed by atoms with E-state index in [0.29, 0.717) is 12.6 Å². The fourth-order valence-corrected chi connectivity index (χ4v) is 2.90. The summed E-state index contributed by atoms with van der Waals surface area (Å²) in [7, 11) is 0. The van der Waals surface area contributed by atoms with Gasteiger partial charge in [-0.3, -0.25) is 0 Å². The number of hydrogen-bond acceptors (Lipinski definition) is 4. The van der Waals surface area contributed by atoms with Crippen LogP contribution >= 0.6 is 11.3 Å². The number of hydrogen-bond donors (Lipinski definition) is 2. The van der Waals surface area contributed by atoms with E-state index in [-0.39, 0.29) is 0 Å². The Kier molecular flexibility index (Phi) is 6.26. The van der Waals surface area contributed by atoms with Crippen LogP contribution < -0.4 is 10.6 Å². The van der Waals surface area contributed by atoms with E-state index in [4.69, 9.17) is 4.74 Å². The van der Waals surface area contributed by atoms with Crippen LogP contribution in [0.5, 0.6) is 0 Å². The van der Waals surface area contributed by atoms with Gasteiger partial charge in [-0.05, 0) is 33.1 Å². The van der Waals surface area contributed by atoms with Gasteiger partial charge in [0, 0.05) is 30.8 Å². The van der Waals surface area contributed by atoms with Crippen molar-refractivity contribution in [1.82, 2.24) is 15.6 Å². The van der Waals surface area contributed by atoms with E-state index < -0.39 is 0 Å². The molecule has 1 atom stereocenters. The van der Waals surface area contributed by atoms with Crippen LogP contribution in [-0.4, -0.2) is 36.7 Å². The maximum absolute atomic E-state index is 5.62. The Labute approximate surface area is 124 Å². The van der Waals surface area contributed by atoms with E-state index in [1.807, 2.05) is 6.20 Å². The van der Waals surface area contributed by atoms with Crippen molar-refractivity contribution in [3.63, 3.8) is 0 Å². The van der Waals surface area contributed by atoms with Gasteiger partial charge in [0.15, 0.2) is 5.96 Å². The van der Waals surface area contributed by atoms with Gasteiger partial charge in [-0.25, -0.2) is 9.98 Å². The minimum Gasteiger partial charge on any atom is -0.378 e. The Balaban J connectivity index is 1.76. The quantitative estimate of drug-likeness (QED) is 0.623. The van der Waals surface area contributed by atoms with Gasteiger partial charge in [0.25, 0.3) is 0 Å². The summed E-state index contributed by atoms with van der Waals surface area (Å²) in [6.45, 7) is 7.45. The van der Waals surface area contributed by atoms with Crippen LogP contribution in [0, 0.1) is 6.92 Å². The molecule has 1 aromatic rings. The number of guanidine groups is 1. The minimum absolute atomic E-state index is 0.423.